The van der Waals surface area contributed by atoms with Crippen LogP contribution < -0.4 is 0 Å². The largest absolute Gasteiger partial charge is 0.251 e. The second-order valence-electron chi connectivity index (χ2n) is 1.74. The molecule has 0 aromatic rings. The van der Waals surface area contributed by atoms with E-state index >= 15 is 0 Å². The Labute approximate surface area is 42.5 Å². The molecule has 0 nitrogen and oxygen atoms in total. The molecule has 0 aliphatic carbocycles. The molecule has 0 aliphatic heterocycles. The van der Waals surface area contributed by atoms with E-state index < -0.39 is 13.3 Å². The minimum Gasteiger partial charge on any atom is -0.251 e. The first kappa shape index (κ1) is 6.86. The lowest BCUT2D eigenvalue weighted by Crippen LogP contribution is -1.96. The Hall–Kier alpha value is -0.140. The Bertz CT molecular complexity index is 37.1. The van der Waals surface area contributed by atoms with E-state index in [0.717, 1.165) is 0 Å². The molecule has 0 rings (SSSR count). The van der Waals surface area contributed by atoms with E-state index in [4.69, 9.17) is 0 Å². The number of halogens is 2. The Morgan fingerprint density at radius 2 is 2.00 bits per heavy atom. The van der Waals surface area contributed by atoms with Crippen molar-refractivity contribution in [2.45, 2.75) is 13.3 Å². The van der Waals surface area contributed by atoms with Crippen molar-refractivity contribution in [1.29, 1.82) is 0 Å². The molecule has 0 amide bonds. The SMILES string of the molecule is C[C@@H](CF)CCF. The van der Waals surface area contributed by atoms with Gasteiger partial charge in [0.2, 0.25) is 0 Å². The fraction of sp³-hybridized carbons (Fsp3) is 1.00. The molecular formula is C5H10F2. The minimum absolute atomic E-state index is 0.0926. The first-order valence-corrected chi connectivity index (χ1v) is 2.43. The summed E-state index contributed by atoms with van der Waals surface area (Å²) >= 11 is 0. The smallest absolute Gasteiger partial charge is 0.0920 e. The summed E-state index contributed by atoms with van der Waals surface area (Å²) in [7, 11) is 0. The molecule has 0 spiro atoms. The molecule has 0 bridgehead atoms. The minimum atomic E-state index is -0.399. The van der Waals surface area contributed by atoms with Crippen LogP contribution in [-0.2, 0) is 0 Å². The van der Waals surface area contributed by atoms with Crippen LogP contribution in [0.15, 0.2) is 0 Å². The summed E-state index contributed by atoms with van der Waals surface area (Å²) in [6, 6.07) is 0. The van der Waals surface area contributed by atoms with Crippen molar-refractivity contribution >= 4 is 0 Å². The van der Waals surface area contributed by atoms with E-state index in [1.54, 1.807) is 6.92 Å². The third-order valence-electron chi connectivity index (χ3n) is 0.865. The second-order valence-corrected chi connectivity index (χ2v) is 1.74. The third kappa shape index (κ3) is 3.70. The molecule has 1 atom stereocenters. The Balaban J connectivity index is 2.83. The van der Waals surface area contributed by atoms with Gasteiger partial charge in [-0.15, -0.1) is 0 Å². The summed E-state index contributed by atoms with van der Waals surface area (Å²) in [6.07, 6.45) is 0.358. The van der Waals surface area contributed by atoms with Gasteiger partial charge in [-0.25, -0.2) is 0 Å². The molecule has 44 valence electrons. The zero-order valence-corrected chi connectivity index (χ0v) is 4.45. The zero-order valence-electron chi connectivity index (χ0n) is 4.45. The van der Waals surface area contributed by atoms with Gasteiger partial charge in [-0.05, 0) is 12.3 Å². The van der Waals surface area contributed by atoms with Gasteiger partial charge in [-0.3, -0.25) is 8.78 Å². The molecule has 0 fully saturated rings. The van der Waals surface area contributed by atoms with E-state index in [-0.39, 0.29) is 5.92 Å². The van der Waals surface area contributed by atoms with Crippen molar-refractivity contribution in [2.75, 3.05) is 13.3 Å². The van der Waals surface area contributed by atoms with Gasteiger partial charge in [-0.1, -0.05) is 6.92 Å². The summed E-state index contributed by atoms with van der Waals surface area (Å²) in [6.45, 7) is 0.897. The van der Waals surface area contributed by atoms with E-state index in [9.17, 15) is 8.78 Å². The molecular weight excluding hydrogens is 98.1 g/mol. The molecule has 0 saturated heterocycles. The van der Waals surface area contributed by atoms with Gasteiger partial charge in [0.25, 0.3) is 0 Å². The van der Waals surface area contributed by atoms with Crippen molar-refractivity contribution in [3.8, 4) is 0 Å². The predicted octanol–water partition coefficient (Wildman–Crippen LogP) is 1.95. The molecule has 0 heterocycles. The van der Waals surface area contributed by atoms with E-state index in [1.807, 2.05) is 0 Å². The first-order chi connectivity index (χ1) is 3.31. The fourth-order valence-corrected chi connectivity index (χ4v) is 0.263. The maximum absolute atomic E-state index is 11.4. The molecule has 2 heteroatoms. The van der Waals surface area contributed by atoms with Crippen LogP contribution >= 0.6 is 0 Å². The summed E-state index contributed by atoms with van der Waals surface area (Å²) in [5.41, 5.74) is 0. The van der Waals surface area contributed by atoms with Crippen LogP contribution in [0.2, 0.25) is 0 Å². The number of alkyl halides is 2. The fourth-order valence-electron chi connectivity index (χ4n) is 0.263. The van der Waals surface area contributed by atoms with Crippen molar-refractivity contribution < 1.29 is 8.78 Å². The molecule has 0 aromatic carbocycles. The standard InChI is InChI=1S/C5H10F2/c1-5(4-7)2-3-6/h5H,2-4H2,1H3/t5-/m1/s1. The second kappa shape index (κ2) is 4.03. The van der Waals surface area contributed by atoms with Crippen LogP contribution in [0.3, 0.4) is 0 Å². The maximum Gasteiger partial charge on any atom is 0.0920 e. The average Bonchev–Trinajstić information content (AvgIpc) is 1.68. The lowest BCUT2D eigenvalue weighted by atomic mass is 10.1. The Morgan fingerprint density at radius 1 is 1.43 bits per heavy atom. The summed E-state index contributed by atoms with van der Waals surface area (Å²) in [4.78, 5) is 0. The van der Waals surface area contributed by atoms with Crippen LogP contribution in [0.4, 0.5) is 8.78 Å². The quantitative estimate of drug-likeness (QED) is 0.518. The van der Waals surface area contributed by atoms with Crippen LogP contribution in [0.1, 0.15) is 13.3 Å². The monoisotopic (exact) mass is 108 g/mol. The normalized spacial score (nSPS) is 14.1. The van der Waals surface area contributed by atoms with Crippen LogP contribution in [0.5, 0.6) is 0 Å². The number of hydrogen-bond donors (Lipinski definition) is 0. The van der Waals surface area contributed by atoms with Crippen LogP contribution in [-0.4, -0.2) is 13.3 Å². The van der Waals surface area contributed by atoms with Gasteiger partial charge in [0.1, 0.15) is 0 Å². The summed E-state index contributed by atoms with van der Waals surface area (Å²) < 4.78 is 22.7. The van der Waals surface area contributed by atoms with Gasteiger partial charge in [0.15, 0.2) is 0 Å². The predicted molar refractivity (Wildman–Crippen MR) is 25.7 cm³/mol. The number of hydrogen-bond acceptors (Lipinski definition) is 0. The van der Waals surface area contributed by atoms with Crippen molar-refractivity contribution in [3.05, 3.63) is 0 Å². The highest BCUT2D eigenvalue weighted by molar-refractivity contribution is 4.46. The lowest BCUT2D eigenvalue weighted by molar-refractivity contribution is 0.329. The first-order valence-electron chi connectivity index (χ1n) is 2.43. The Morgan fingerprint density at radius 3 is 2.14 bits per heavy atom. The summed E-state index contributed by atoms with van der Waals surface area (Å²) in [5.74, 6) is -0.0926. The lowest BCUT2D eigenvalue weighted by Gasteiger charge is -1.98. The van der Waals surface area contributed by atoms with E-state index in [1.165, 1.54) is 0 Å². The van der Waals surface area contributed by atoms with E-state index in [2.05, 4.69) is 0 Å². The molecule has 0 unspecified atom stereocenters. The van der Waals surface area contributed by atoms with Gasteiger partial charge >= 0.3 is 0 Å². The molecule has 7 heavy (non-hydrogen) atoms. The molecule has 0 saturated carbocycles. The highest BCUT2D eigenvalue weighted by Gasteiger charge is 1.97. The zero-order chi connectivity index (χ0) is 5.70. The van der Waals surface area contributed by atoms with Gasteiger partial charge in [-0.2, -0.15) is 0 Å². The van der Waals surface area contributed by atoms with Crippen LogP contribution in [0.25, 0.3) is 0 Å². The van der Waals surface area contributed by atoms with Gasteiger partial charge in [0, 0.05) is 0 Å². The molecule has 0 radical (unpaired) electrons. The topological polar surface area (TPSA) is 0 Å². The highest BCUT2D eigenvalue weighted by Crippen LogP contribution is 2.00. The van der Waals surface area contributed by atoms with Crippen molar-refractivity contribution in [3.63, 3.8) is 0 Å². The maximum atomic E-state index is 11.4. The number of rotatable bonds is 3. The summed E-state index contributed by atoms with van der Waals surface area (Å²) in [5, 5.41) is 0. The van der Waals surface area contributed by atoms with Gasteiger partial charge < -0.3 is 0 Å². The molecule has 0 aliphatic rings. The van der Waals surface area contributed by atoms with Crippen LogP contribution in [0, 0.1) is 5.92 Å². The molecule has 0 aromatic heterocycles. The highest BCUT2D eigenvalue weighted by atomic mass is 19.1. The van der Waals surface area contributed by atoms with E-state index in [0.29, 0.717) is 6.42 Å². The Kier molecular flexibility index (Phi) is 3.95. The van der Waals surface area contributed by atoms with Crippen molar-refractivity contribution in [1.82, 2.24) is 0 Å². The third-order valence-corrected chi connectivity index (χ3v) is 0.865. The average molecular weight is 108 g/mol. The molecule has 0 N–H and O–H groups in total. The van der Waals surface area contributed by atoms with Gasteiger partial charge in [0.05, 0.1) is 13.3 Å². The van der Waals surface area contributed by atoms with Crippen molar-refractivity contribution in [2.24, 2.45) is 5.92 Å².